The third kappa shape index (κ3) is 11.7. The van der Waals surface area contributed by atoms with Crippen LogP contribution in [-0.4, -0.2) is 40.3 Å². The highest BCUT2D eigenvalue weighted by molar-refractivity contribution is 7.15. The van der Waals surface area contributed by atoms with Gasteiger partial charge < -0.3 is 31.9 Å². The number of nitrogens with two attached hydrogens (primary N) is 2. The molecule has 0 aliphatic heterocycles. The number of aliphatic hydroxyl groups is 1. The summed E-state index contributed by atoms with van der Waals surface area (Å²) in [6.45, 7) is 0.492. The average molecular weight is 565 g/mol. The van der Waals surface area contributed by atoms with Crippen molar-refractivity contribution < 1.29 is 19.4 Å². The molecule has 0 atom stereocenters. The summed E-state index contributed by atoms with van der Waals surface area (Å²) < 4.78 is 5.56. The van der Waals surface area contributed by atoms with Crippen molar-refractivity contribution >= 4 is 28.3 Å². The molecule has 0 fully saturated rings. The first-order chi connectivity index (χ1) is 19.4. The maximum Gasteiger partial charge on any atom is 0.230 e. The fraction of sp³-hybridized carbons (Fsp3) is 0.310. The number of hydrogen-bond acceptors (Lipinski definition) is 9. The van der Waals surface area contributed by atoms with Crippen LogP contribution in [0.1, 0.15) is 41.8 Å². The largest absolute Gasteiger partial charge is 0.493 e. The second kappa shape index (κ2) is 16.7. The van der Waals surface area contributed by atoms with E-state index >= 15 is 0 Å². The summed E-state index contributed by atoms with van der Waals surface area (Å²) in [7, 11) is 0. The quantitative estimate of drug-likeness (QED) is 0.131. The Balaban J connectivity index is 1.34. The van der Waals surface area contributed by atoms with E-state index in [9.17, 15) is 9.59 Å². The van der Waals surface area contributed by atoms with Crippen LogP contribution in [-0.2, 0) is 28.9 Å². The Kier molecular flexibility index (Phi) is 12.6. The van der Waals surface area contributed by atoms with Gasteiger partial charge in [0, 0.05) is 25.1 Å². The third-order valence-corrected chi connectivity index (χ3v) is 6.52. The minimum Gasteiger partial charge on any atom is -0.493 e. The first kappa shape index (κ1) is 30.3. The Bertz CT molecular complexity index is 1290. The van der Waals surface area contributed by atoms with Crippen LogP contribution in [0.3, 0.4) is 0 Å². The lowest BCUT2D eigenvalue weighted by Gasteiger charge is -2.07. The van der Waals surface area contributed by atoms with Crippen molar-refractivity contribution in [2.45, 2.75) is 44.9 Å². The summed E-state index contributed by atoms with van der Waals surface area (Å²) in [6.07, 6.45) is 7.38. The van der Waals surface area contributed by atoms with Crippen LogP contribution in [0.2, 0.25) is 0 Å². The van der Waals surface area contributed by atoms with Gasteiger partial charge in [0.2, 0.25) is 16.9 Å². The molecule has 1 heterocycles. The molecule has 0 bridgehead atoms. The highest BCUT2D eigenvalue weighted by atomic mass is 32.1. The van der Waals surface area contributed by atoms with E-state index < -0.39 is 0 Å². The molecule has 0 radical (unpaired) electrons. The Labute approximate surface area is 238 Å². The number of hydrogen-bond donors (Lipinski definition) is 5. The highest BCUT2D eigenvalue weighted by Crippen LogP contribution is 2.19. The van der Waals surface area contributed by atoms with Gasteiger partial charge >= 0.3 is 0 Å². The van der Waals surface area contributed by atoms with Crippen molar-refractivity contribution in [2.24, 2.45) is 11.5 Å². The molecule has 3 rings (SSSR count). The molecule has 2 aromatic carbocycles. The molecule has 3 aromatic rings. The molecule has 0 saturated carbocycles. The minimum atomic E-state index is -0.186. The molecule has 2 amide bonds. The molecule has 0 spiro atoms. The normalized spacial score (nSPS) is 11.7. The van der Waals surface area contributed by atoms with Crippen LogP contribution in [0.4, 0.5) is 5.13 Å². The molecule has 0 aliphatic rings. The molecule has 11 heteroatoms. The number of benzene rings is 2. The van der Waals surface area contributed by atoms with E-state index in [1.165, 1.54) is 11.3 Å². The van der Waals surface area contributed by atoms with Gasteiger partial charge in [0.15, 0.2) is 0 Å². The summed E-state index contributed by atoms with van der Waals surface area (Å²) in [5, 5.41) is 23.9. The molecular formula is C29H36N6O4S. The first-order valence-electron chi connectivity index (χ1n) is 13.1. The van der Waals surface area contributed by atoms with Crippen molar-refractivity contribution in [3.63, 3.8) is 0 Å². The second-order valence-corrected chi connectivity index (χ2v) is 10.1. The molecule has 7 N–H and O–H groups in total. The average Bonchev–Trinajstić information content (AvgIpc) is 3.37. The van der Waals surface area contributed by atoms with Crippen molar-refractivity contribution in [2.75, 3.05) is 18.5 Å². The van der Waals surface area contributed by atoms with Crippen LogP contribution in [0.25, 0.3) is 0 Å². The number of aromatic nitrogens is 2. The van der Waals surface area contributed by atoms with Crippen LogP contribution in [0, 0.1) is 0 Å². The fourth-order valence-electron chi connectivity index (χ4n) is 3.67. The van der Waals surface area contributed by atoms with Gasteiger partial charge in [-0.2, -0.15) is 0 Å². The van der Waals surface area contributed by atoms with Crippen LogP contribution in [0.15, 0.2) is 78.3 Å². The smallest absolute Gasteiger partial charge is 0.230 e. The van der Waals surface area contributed by atoms with Crippen molar-refractivity contribution in [1.29, 1.82) is 0 Å². The monoisotopic (exact) mass is 564 g/mol. The second-order valence-electron chi connectivity index (χ2n) is 9.08. The Morgan fingerprint density at radius 1 is 0.925 bits per heavy atom. The summed E-state index contributed by atoms with van der Waals surface area (Å²) in [5.74, 6) is 0.536. The summed E-state index contributed by atoms with van der Waals surface area (Å²) in [4.78, 5) is 24.5. The fourth-order valence-corrected chi connectivity index (χ4v) is 4.47. The third-order valence-electron chi connectivity index (χ3n) is 5.62. The van der Waals surface area contributed by atoms with E-state index in [1.807, 2.05) is 54.6 Å². The predicted octanol–water partition coefficient (Wildman–Crippen LogP) is 3.19. The first-order valence-corrected chi connectivity index (χ1v) is 13.9. The highest BCUT2D eigenvalue weighted by Gasteiger charge is 2.10. The van der Waals surface area contributed by atoms with Crippen molar-refractivity contribution in [3.8, 4) is 5.75 Å². The lowest BCUT2D eigenvalue weighted by Crippen LogP contribution is -2.28. The maximum atomic E-state index is 12.4. The number of rotatable bonds is 16. The van der Waals surface area contributed by atoms with Crippen LogP contribution < -0.4 is 26.8 Å². The standard InChI is InChI=1S/C29H36N6O4S/c30-23(14-15-25(31)32-26(37)19-21-8-2-1-3-9-21)11-4-5-13-28-34-35-29(40-28)33-27(38)20-22-10-6-12-24(18-22)39-17-7-16-36/h1-3,6,8-10,12,14-15,18,36H,4-5,7,11,13,16-17,19-20,30-31H2,(H,32,37)(H,33,35,38)/b23-14-,25-15+. The molecule has 0 unspecified atom stereocenters. The number of nitrogens with zero attached hydrogens (tertiary/aromatic N) is 2. The maximum absolute atomic E-state index is 12.4. The van der Waals surface area contributed by atoms with Gasteiger partial charge in [-0.05, 0) is 54.7 Å². The predicted molar refractivity (Wildman–Crippen MR) is 156 cm³/mol. The van der Waals surface area contributed by atoms with Gasteiger partial charge in [-0.1, -0.05) is 53.8 Å². The van der Waals surface area contributed by atoms with Gasteiger partial charge in [0.1, 0.15) is 16.6 Å². The number of amides is 2. The van der Waals surface area contributed by atoms with Crippen LogP contribution >= 0.6 is 11.3 Å². The summed E-state index contributed by atoms with van der Waals surface area (Å²) >= 11 is 1.35. The number of ether oxygens (including phenoxy) is 1. The van der Waals surface area contributed by atoms with Gasteiger partial charge in [0.25, 0.3) is 0 Å². The molecule has 1 aromatic heterocycles. The Hall–Kier alpha value is -4.22. The van der Waals surface area contributed by atoms with Gasteiger partial charge in [0.05, 0.1) is 19.4 Å². The molecule has 0 saturated heterocycles. The summed E-state index contributed by atoms with van der Waals surface area (Å²) in [6, 6.07) is 16.8. The SMILES string of the molecule is N/C(=C\C=C(/N)NC(=O)Cc1ccccc1)CCCCc1nnc(NC(=O)Cc2cccc(OCCCO)c2)s1. The van der Waals surface area contributed by atoms with E-state index in [2.05, 4.69) is 20.8 Å². The minimum absolute atomic E-state index is 0.0718. The number of unbranched alkanes of at least 4 members (excludes halogenated alkanes) is 1. The molecular weight excluding hydrogens is 528 g/mol. The van der Waals surface area contributed by atoms with E-state index in [1.54, 1.807) is 12.2 Å². The van der Waals surface area contributed by atoms with E-state index in [0.29, 0.717) is 36.0 Å². The van der Waals surface area contributed by atoms with Crippen molar-refractivity contribution in [3.05, 3.63) is 94.4 Å². The summed E-state index contributed by atoms with van der Waals surface area (Å²) in [5.41, 5.74) is 14.4. The number of nitrogens with one attached hydrogen (secondary N) is 2. The number of allylic oxidation sites excluding steroid dienone is 3. The van der Waals surface area contributed by atoms with Gasteiger partial charge in [-0.15, -0.1) is 10.2 Å². The van der Waals surface area contributed by atoms with Gasteiger partial charge in [-0.3, -0.25) is 9.59 Å². The van der Waals surface area contributed by atoms with E-state index in [-0.39, 0.29) is 37.1 Å². The molecule has 10 nitrogen and oxygen atoms in total. The number of aryl methyl sites for hydroxylation is 1. The van der Waals surface area contributed by atoms with Crippen LogP contribution in [0.5, 0.6) is 5.75 Å². The number of carbonyl (C=O) groups is 2. The lowest BCUT2D eigenvalue weighted by atomic mass is 10.1. The number of aliphatic hydroxyl groups excluding tert-OH is 1. The zero-order chi connectivity index (χ0) is 28.6. The Morgan fingerprint density at radius 2 is 1.70 bits per heavy atom. The lowest BCUT2D eigenvalue weighted by molar-refractivity contribution is -0.119. The van der Waals surface area contributed by atoms with Crippen molar-refractivity contribution in [1.82, 2.24) is 15.5 Å². The molecule has 40 heavy (non-hydrogen) atoms. The van der Waals surface area contributed by atoms with E-state index in [0.717, 1.165) is 35.4 Å². The Morgan fingerprint density at radius 3 is 2.50 bits per heavy atom. The molecule has 0 aliphatic carbocycles. The zero-order valence-corrected chi connectivity index (χ0v) is 23.2. The molecule has 212 valence electrons. The number of carbonyl (C=O) groups excluding carboxylic acids is 2. The number of anilines is 1. The van der Waals surface area contributed by atoms with Gasteiger partial charge in [-0.25, -0.2) is 0 Å². The topological polar surface area (TPSA) is 165 Å². The zero-order valence-electron chi connectivity index (χ0n) is 22.3. The van der Waals surface area contributed by atoms with E-state index in [4.69, 9.17) is 21.3 Å².